The van der Waals surface area contributed by atoms with E-state index in [4.69, 9.17) is 6.42 Å². The Hall–Kier alpha value is -2.08. The molecule has 1 saturated heterocycles. The zero-order chi connectivity index (χ0) is 16.5. The molecule has 2 unspecified atom stereocenters. The van der Waals surface area contributed by atoms with E-state index < -0.39 is 10.8 Å². The van der Waals surface area contributed by atoms with Gasteiger partial charge in [0.25, 0.3) is 0 Å². The van der Waals surface area contributed by atoms with Gasteiger partial charge in [-0.1, -0.05) is 33.6 Å². The van der Waals surface area contributed by atoms with E-state index in [1.807, 2.05) is 27.7 Å². The maximum Gasteiger partial charge on any atom is 0.239 e. The summed E-state index contributed by atoms with van der Waals surface area (Å²) in [5, 5.41) is 0. The average molecular weight is 297 g/mol. The third-order valence-electron chi connectivity index (χ3n) is 5.07. The number of terminal acetylenes is 1. The summed E-state index contributed by atoms with van der Waals surface area (Å²) in [5.41, 5.74) is 0.317. The van der Waals surface area contributed by atoms with E-state index >= 15 is 0 Å². The molecule has 1 aromatic carbocycles. The first-order valence-corrected chi connectivity index (χ1v) is 7.77. The number of piperidine rings is 1. The average Bonchev–Trinajstić information content (AvgIpc) is 2.54. The van der Waals surface area contributed by atoms with Gasteiger partial charge in [0, 0.05) is 16.4 Å². The molecule has 22 heavy (non-hydrogen) atoms. The first-order chi connectivity index (χ1) is 10.3. The van der Waals surface area contributed by atoms with Crippen LogP contribution in [0.15, 0.2) is 24.3 Å². The largest absolute Gasteiger partial charge is 0.273 e. The van der Waals surface area contributed by atoms with E-state index in [9.17, 15) is 9.59 Å². The summed E-state index contributed by atoms with van der Waals surface area (Å²) in [7, 11) is 0. The first kappa shape index (κ1) is 16.3. The van der Waals surface area contributed by atoms with Gasteiger partial charge in [0.15, 0.2) is 0 Å². The van der Waals surface area contributed by atoms with Crippen LogP contribution in [0.25, 0.3) is 0 Å². The Bertz CT molecular complexity index is 612. The lowest BCUT2D eigenvalue weighted by Gasteiger charge is -2.46. The Balaban J connectivity index is 2.52. The lowest BCUT2D eigenvalue weighted by molar-refractivity contribution is -0.145. The smallest absolute Gasteiger partial charge is 0.239 e. The van der Waals surface area contributed by atoms with Crippen LogP contribution in [0.4, 0.5) is 5.69 Å². The van der Waals surface area contributed by atoms with Crippen molar-refractivity contribution < 1.29 is 9.59 Å². The number of carbonyl (C=O) groups excluding carboxylic acids is 2. The summed E-state index contributed by atoms with van der Waals surface area (Å²) in [6.07, 6.45) is 7.40. The van der Waals surface area contributed by atoms with Gasteiger partial charge >= 0.3 is 0 Å². The van der Waals surface area contributed by atoms with Gasteiger partial charge in [0.1, 0.15) is 0 Å². The first-order valence-electron chi connectivity index (χ1n) is 7.77. The number of hydrogen-bond acceptors (Lipinski definition) is 2. The molecule has 0 aliphatic carbocycles. The number of imide groups is 1. The summed E-state index contributed by atoms with van der Waals surface area (Å²) in [6, 6.07) is 7.03. The molecule has 0 saturated carbocycles. The van der Waals surface area contributed by atoms with Crippen LogP contribution in [0.2, 0.25) is 0 Å². The van der Waals surface area contributed by atoms with E-state index in [-0.39, 0.29) is 11.8 Å². The monoisotopic (exact) mass is 297 g/mol. The highest BCUT2D eigenvalue weighted by Gasteiger charge is 2.53. The number of benzene rings is 1. The molecular weight excluding hydrogens is 274 g/mol. The van der Waals surface area contributed by atoms with Gasteiger partial charge in [-0.3, -0.25) is 9.59 Å². The molecule has 1 fully saturated rings. The lowest BCUT2D eigenvalue weighted by atomic mass is 9.65. The van der Waals surface area contributed by atoms with Gasteiger partial charge in [0.05, 0.1) is 5.69 Å². The van der Waals surface area contributed by atoms with Crippen molar-refractivity contribution in [3.8, 4) is 12.3 Å². The molecule has 1 aliphatic rings. The summed E-state index contributed by atoms with van der Waals surface area (Å²) in [4.78, 5) is 27.2. The molecular formula is C19H23NO2. The topological polar surface area (TPSA) is 37.4 Å². The molecule has 3 nitrogen and oxygen atoms in total. The zero-order valence-corrected chi connectivity index (χ0v) is 13.8. The molecule has 1 aliphatic heterocycles. The molecule has 2 rings (SSSR count). The fourth-order valence-corrected chi connectivity index (χ4v) is 3.14. The highest BCUT2D eigenvalue weighted by atomic mass is 16.2. The van der Waals surface area contributed by atoms with Crippen LogP contribution < -0.4 is 4.90 Å². The van der Waals surface area contributed by atoms with Crippen molar-refractivity contribution in [1.82, 2.24) is 0 Å². The molecule has 0 N–H and O–H groups in total. The van der Waals surface area contributed by atoms with Crippen LogP contribution >= 0.6 is 0 Å². The normalized spacial score (nSPS) is 28.6. The van der Waals surface area contributed by atoms with Gasteiger partial charge < -0.3 is 0 Å². The van der Waals surface area contributed by atoms with Crippen molar-refractivity contribution in [1.29, 1.82) is 0 Å². The third kappa shape index (κ3) is 2.43. The van der Waals surface area contributed by atoms with E-state index in [1.54, 1.807) is 24.3 Å². The van der Waals surface area contributed by atoms with Crippen molar-refractivity contribution in [2.75, 3.05) is 4.90 Å². The van der Waals surface area contributed by atoms with Crippen molar-refractivity contribution in [3.63, 3.8) is 0 Å². The van der Waals surface area contributed by atoms with E-state index in [2.05, 4.69) is 5.92 Å². The second-order valence-corrected chi connectivity index (χ2v) is 6.64. The van der Waals surface area contributed by atoms with Crippen LogP contribution in [0, 0.1) is 23.2 Å². The fourth-order valence-electron chi connectivity index (χ4n) is 3.14. The zero-order valence-electron chi connectivity index (χ0n) is 13.8. The highest BCUT2D eigenvalue weighted by molar-refractivity contribution is 6.20. The fraction of sp³-hybridized carbons (Fsp3) is 0.474. The van der Waals surface area contributed by atoms with Gasteiger partial charge in [-0.05, 0) is 43.5 Å². The summed E-state index contributed by atoms with van der Waals surface area (Å²) < 4.78 is 0. The van der Waals surface area contributed by atoms with Crippen molar-refractivity contribution in [2.24, 2.45) is 10.8 Å². The predicted octanol–water partition coefficient (Wildman–Crippen LogP) is 3.76. The Morgan fingerprint density at radius 1 is 1.05 bits per heavy atom. The van der Waals surface area contributed by atoms with Crippen LogP contribution in [-0.2, 0) is 9.59 Å². The van der Waals surface area contributed by atoms with Gasteiger partial charge in [-0.15, -0.1) is 6.42 Å². The Kier molecular flexibility index (Phi) is 4.15. The van der Waals surface area contributed by atoms with Crippen LogP contribution in [0.5, 0.6) is 0 Å². The molecule has 0 spiro atoms. The molecule has 3 heteroatoms. The highest BCUT2D eigenvalue weighted by Crippen LogP contribution is 2.47. The predicted molar refractivity (Wildman–Crippen MR) is 88.3 cm³/mol. The molecule has 2 amide bonds. The van der Waals surface area contributed by atoms with Crippen LogP contribution in [-0.4, -0.2) is 11.8 Å². The Morgan fingerprint density at radius 2 is 1.50 bits per heavy atom. The molecule has 0 radical (unpaired) electrons. The molecule has 116 valence electrons. The number of anilines is 1. The second-order valence-electron chi connectivity index (χ2n) is 6.64. The molecule has 2 atom stereocenters. The van der Waals surface area contributed by atoms with Crippen LogP contribution in [0.1, 0.15) is 52.5 Å². The third-order valence-corrected chi connectivity index (χ3v) is 5.07. The van der Waals surface area contributed by atoms with Crippen molar-refractivity contribution >= 4 is 17.5 Å². The number of nitrogens with zero attached hydrogens (tertiary/aromatic N) is 1. The van der Waals surface area contributed by atoms with Crippen molar-refractivity contribution in [3.05, 3.63) is 29.8 Å². The minimum absolute atomic E-state index is 0.112. The summed E-state index contributed by atoms with van der Waals surface area (Å²) >= 11 is 0. The number of carbonyl (C=O) groups is 2. The number of rotatable bonds is 3. The maximum atomic E-state index is 12.9. The molecule has 1 heterocycles. The van der Waals surface area contributed by atoms with Gasteiger partial charge in [-0.2, -0.15) is 0 Å². The molecule has 0 bridgehead atoms. The summed E-state index contributed by atoms with van der Waals surface area (Å²) in [6.45, 7) is 7.92. The lowest BCUT2D eigenvalue weighted by Crippen LogP contribution is -2.58. The molecule has 0 aromatic heterocycles. The molecule has 1 aromatic rings. The minimum atomic E-state index is -0.510. The van der Waals surface area contributed by atoms with Crippen LogP contribution in [0.3, 0.4) is 0 Å². The second kappa shape index (κ2) is 5.61. The quantitative estimate of drug-likeness (QED) is 0.629. The Morgan fingerprint density at radius 3 is 1.86 bits per heavy atom. The Labute approximate surface area is 132 Å². The SMILES string of the molecule is C#Cc1ccc(N2C(=O)C(C)(CC)CC(C)(CC)C2=O)cc1. The maximum absolute atomic E-state index is 12.9. The van der Waals surface area contributed by atoms with Crippen molar-refractivity contribution in [2.45, 2.75) is 47.0 Å². The van der Waals surface area contributed by atoms with Gasteiger partial charge in [0.2, 0.25) is 11.8 Å². The standard InChI is InChI=1S/C19H23NO2/c1-6-14-9-11-15(12-10-14)20-16(21)18(4,7-2)13-19(5,8-3)17(20)22/h1,9-12H,7-8,13H2,2-5H3. The van der Waals surface area contributed by atoms with E-state index in [1.165, 1.54) is 4.90 Å². The number of hydrogen-bond donors (Lipinski definition) is 0. The summed E-state index contributed by atoms with van der Waals surface area (Å²) in [5.74, 6) is 2.32. The number of amides is 2. The minimum Gasteiger partial charge on any atom is -0.273 e. The van der Waals surface area contributed by atoms with Gasteiger partial charge in [-0.25, -0.2) is 4.90 Å². The van der Waals surface area contributed by atoms with E-state index in [0.717, 1.165) is 5.56 Å². The van der Waals surface area contributed by atoms with E-state index in [0.29, 0.717) is 24.9 Å².